The van der Waals surface area contributed by atoms with Crippen LogP contribution in [0.15, 0.2) is 388 Å². The van der Waals surface area contributed by atoms with Crippen LogP contribution >= 0.6 is 0 Å². The number of methoxy groups -OCH3 is 6. The Morgan fingerprint density at radius 2 is 0.154 bits per heavy atom. The lowest BCUT2D eigenvalue weighted by Gasteiger charge is -1.99. The number of ether oxygens (including phenoxy) is 6. The molecule has 0 aliphatic carbocycles. The van der Waals surface area contributed by atoms with Gasteiger partial charge in [-0.25, -0.2) is 0 Å². The second-order valence-corrected chi connectivity index (χ2v) is 20.2. The van der Waals surface area contributed by atoms with E-state index in [-0.39, 0.29) is 28.9 Å². The monoisotopic (exact) mass is 1890 g/mol. The van der Waals surface area contributed by atoms with Gasteiger partial charge in [-0.1, -0.05) is 624 Å². The maximum absolute atomic E-state index is 11.8. The first-order valence-corrected chi connectivity index (χ1v) is 49.2. The minimum atomic E-state index is 0.0752. The zero-order chi connectivity index (χ0) is 110. The molecule has 0 saturated heterocycles. The Bertz CT molecular complexity index is 2900. The molecule has 11 heteroatoms. The van der Waals surface area contributed by atoms with Crippen molar-refractivity contribution in [3.8, 4) is 0 Å². The van der Waals surface area contributed by atoms with Crippen molar-refractivity contribution in [1.82, 2.24) is 0 Å². The van der Waals surface area contributed by atoms with Crippen molar-refractivity contribution in [3.05, 3.63) is 433 Å². The molecule has 0 heterocycles. The van der Waals surface area contributed by atoms with Crippen molar-refractivity contribution in [2.45, 2.75) is 249 Å². The summed E-state index contributed by atoms with van der Waals surface area (Å²) in [7, 11) is 19.5. The lowest BCUT2D eigenvalue weighted by molar-refractivity contribution is -0.115. The van der Waals surface area contributed by atoms with Gasteiger partial charge in [0.05, 0.1) is 0 Å². The van der Waals surface area contributed by atoms with Crippen molar-refractivity contribution in [2.75, 3.05) is 85.3 Å². The molecule has 0 aromatic heterocycles. The van der Waals surface area contributed by atoms with Gasteiger partial charge in [-0.15, -0.1) is 0 Å². The van der Waals surface area contributed by atoms with Gasteiger partial charge in [-0.2, -0.15) is 0 Å². The van der Waals surface area contributed by atoms with Crippen LogP contribution < -0.4 is 0 Å². The van der Waals surface area contributed by atoms with Crippen molar-refractivity contribution < 1.29 is 52.4 Å². The Morgan fingerprint density at radius 1 is 0.118 bits per heavy atom. The fourth-order valence-electron chi connectivity index (χ4n) is 6.92. The Kier molecular flexibility index (Phi) is 250. The Labute approximate surface area is 843 Å². The third-order valence-electron chi connectivity index (χ3n) is 11.0. The highest BCUT2D eigenvalue weighted by atomic mass is 16.5. The molecule has 0 aliphatic rings. The van der Waals surface area contributed by atoms with E-state index in [1.807, 2.05) is 624 Å². The SMILES string of the molecule is CC.CC.CC.CC.CC.CC.CC.CC.CC.CC.CC.CC.CC.CC.CC.CC.CC.CC(C)=O.COC.COC.COC.COC.COC.COC.O=C(c1ccccc1)c1ccccc1.O=C(c1ccccc1)c1ccccc1.O=C(c1ccccc1)c1ccccc1.O=C(c1ccccc1)c1ccccc1.c1ccccc1.c1ccccc1.c1ccccc1.c1ccccc1. The predicted octanol–water partition coefficient (Wildman–Crippen LogP) is 38.0. The summed E-state index contributed by atoms with van der Waals surface area (Å²) >= 11 is 0. The average molecular weight is 1890 g/mol. The maximum atomic E-state index is 11.8. The van der Waals surface area contributed by atoms with Crippen molar-refractivity contribution in [2.24, 2.45) is 0 Å². The van der Waals surface area contributed by atoms with Crippen LogP contribution in [-0.4, -0.2) is 114 Å². The molecule has 12 rings (SSSR count). The molecule has 136 heavy (non-hydrogen) atoms. The number of carbonyl (C=O) groups excluding carboxylic acids is 5. The molecule has 0 unspecified atom stereocenters. The summed E-state index contributed by atoms with van der Waals surface area (Å²) in [5.74, 6) is 0.467. The molecule has 0 bridgehead atoms. The van der Waals surface area contributed by atoms with Crippen LogP contribution in [0.25, 0.3) is 0 Å². The fraction of sp³-hybridized carbons (Fsp3) is 0.384. The lowest BCUT2D eigenvalue weighted by atomic mass is 10.0. The van der Waals surface area contributed by atoms with Crippen LogP contribution in [0.3, 0.4) is 0 Å². The molecular formula is C125H208O11. The molecule has 0 spiro atoms. The highest BCUT2D eigenvalue weighted by molar-refractivity contribution is 6.10. The van der Waals surface area contributed by atoms with Crippen LogP contribution in [0.5, 0.6) is 0 Å². The van der Waals surface area contributed by atoms with Gasteiger partial charge < -0.3 is 33.2 Å². The number of rotatable bonds is 8. The number of Topliss-reactive ketones (excluding diaryl/α,β-unsaturated/α-hetero) is 1. The second kappa shape index (κ2) is 195. The van der Waals surface area contributed by atoms with Crippen LogP contribution in [0, 0.1) is 0 Å². The van der Waals surface area contributed by atoms with E-state index >= 15 is 0 Å². The van der Waals surface area contributed by atoms with Gasteiger partial charge in [0, 0.05) is 130 Å². The maximum Gasteiger partial charge on any atom is 0.193 e. The molecular weight excluding hydrogens is 1680 g/mol. The van der Waals surface area contributed by atoms with E-state index in [0.717, 1.165) is 44.5 Å². The average Bonchev–Trinajstić information content (AvgIpc) is 0.889. The van der Waals surface area contributed by atoms with Gasteiger partial charge in [0.1, 0.15) is 5.78 Å². The van der Waals surface area contributed by atoms with Crippen LogP contribution in [0.1, 0.15) is 313 Å². The summed E-state index contributed by atoms with van der Waals surface area (Å²) < 4.78 is 25.5. The van der Waals surface area contributed by atoms with Crippen LogP contribution in [0.4, 0.5) is 0 Å². The third-order valence-corrected chi connectivity index (χ3v) is 11.0. The van der Waals surface area contributed by atoms with Gasteiger partial charge >= 0.3 is 0 Å². The van der Waals surface area contributed by atoms with Gasteiger partial charge in [0.15, 0.2) is 23.1 Å². The Hall–Kier alpha value is -11.3. The minimum absolute atomic E-state index is 0.0752. The van der Waals surface area contributed by atoms with E-state index in [1.54, 1.807) is 85.3 Å². The Balaban J connectivity index is -0.0000000590. The van der Waals surface area contributed by atoms with E-state index < -0.39 is 0 Å². The van der Waals surface area contributed by atoms with E-state index in [2.05, 4.69) is 28.4 Å². The first-order valence-electron chi connectivity index (χ1n) is 49.2. The normalized spacial score (nSPS) is 7.15. The van der Waals surface area contributed by atoms with Gasteiger partial charge in [0.2, 0.25) is 0 Å². The molecule has 0 radical (unpaired) electrons. The first kappa shape index (κ1) is 174. The Morgan fingerprint density at radius 3 is 0.199 bits per heavy atom. The highest BCUT2D eigenvalue weighted by Gasteiger charge is 2.09. The van der Waals surface area contributed by atoms with Crippen molar-refractivity contribution in [3.63, 3.8) is 0 Å². The van der Waals surface area contributed by atoms with Crippen LogP contribution in [0.2, 0.25) is 0 Å². The molecule has 0 atom stereocenters. The summed E-state index contributed by atoms with van der Waals surface area (Å²) in [6.07, 6.45) is 0. The number of benzene rings is 12. The van der Waals surface area contributed by atoms with Crippen molar-refractivity contribution >= 4 is 28.9 Å². The third kappa shape index (κ3) is 154. The number of ketones is 5. The summed E-state index contributed by atoms with van der Waals surface area (Å²) in [4.78, 5) is 56.8. The summed E-state index contributed by atoms with van der Waals surface area (Å²) in [6.45, 7) is 71.1. The lowest BCUT2D eigenvalue weighted by Crippen LogP contribution is -1.99. The van der Waals surface area contributed by atoms with Crippen LogP contribution in [-0.2, 0) is 33.2 Å². The predicted molar refractivity (Wildman–Crippen MR) is 618 cm³/mol. The second-order valence-electron chi connectivity index (χ2n) is 20.2. The number of carbonyl (C=O) groups is 5. The fourth-order valence-corrected chi connectivity index (χ4v) is 6.92. The minimum Gasteiger partial charge on any atom is -0.388 e. The molecule has 0 amide bonds. The molecule has 774 valence electrons. The molecule has 12 aromatic carbocycles. The molecule has 11 nitrogen and oxygen atoms in total. The molecule has 0 aliphatic heterocycles. The molecule has 0 fully saturated rings. The summed E-state index contributed by atoms with van der Waals surface area (Å²) in [6, 6.07) is 122. The molecule has 0 N–H and O–H groups in total. The van der Waals surface area contributed by atoms with Gasteiger partial charge in [-0.05, 0) is 13.8 Å². The largest absolute Gasteiger partial charge is 0.388 e. The van der Waals surface area contributed by atoms with E-state index in [4.69, 9.17) is 0 Å². The van der Waals surface area contributed by atoms with Gasteiger partial charge in [0.25, 0.3) is 0 Å². The smallest absolute Gasteiger partial charge is 0.193 e. The summed E-state index contributed by atoms with van der Waals surface area (Å²) in [5, 5.41) is 0. The topological polar surface area (TPSA) is 141 Å². The summed E-state index contributed by atoms with van der Waals surface area (Å²) in [5.41, 5.74) is 5.88. The highest BCUT2D eigenvalue weighted by Crippen LogP contribution is 2.12. The van der Waals surface area contributed by atoms with E-state index in [1.165, 1.54) is 13.8 Å². The van der Waals surface area contributed by atoms with Crippen molar-refractivity contribution in [1.29, 1.82) is 0 Å². The quantitative estimate of drug-likeness (QED) is 0.134. The van der Waals surface area contributed by atoms with Gasteiger partial charge in [-0.3, -0.25) is 19.2 Å². The first-order chi connectivity index (χ1) is 66.7. The van der Waals surface area contributed by atoms with E-state index in [0.29, 0.717) is 0 Å². The number of hydrogen-bond acceptors (Lipinski definition) is 11. The zero-order valence-corrected chi connectivity index (χ0v) is 95.9. The standard InChI is InChI=1S/4C13H10O.4C6H6.C3H6O.6C2H6O.17C2H6/c4*14-13(11-7-3-1-4-8-11)12-9-5-2-6-10-12;4*1-2-4-6-5-3-1;1-3(2)4;6*1-3-2;17*1-2/h4*1-10H;4*1-6H;1-2H3;6*1-2H3;17*1-2H3. The molecule has 12 aromatic rings. The molecule has 0 saturated carbocycles. The zero-order valence-electron chi connectivity index (χ0n) is 95.9. The van der Waals surface area contributed by atoms with E-state index in [9.17, 15) is 24.0 Å². The number of hydrogen-bond donors (Lipinski definition) is 0.